The van der Waals surface area contributed by atoms with Crippen molar-refractivity contribution < 1.29 is 5.11 Å². The molecular weight excluding hydrogens is 220 g/mol. The van der Waals surface area contributed by atoms with E-state index in [4.69, 9.17) is 5.11 Å². The second-order valence-corrected chi connectivity index (χ2v) is 4.42. The van der Waals surface area contributed by atoms with E-state index in [0.29, 0.717) is 0 Å². The second kappa shape index (κ2) is 4.63. The smallest absolute Gasteiger partial charge is 0.0681 e. The molecular formula is C17H14O. The molecule has 0 aliphatic carbocycles. The molecule has 18 heavy (non-hydrogen) atoms. The summed E-state index contributed by atoms with van der Waals surface area (Å²) in [5.74, 6) is 0. The van der Waals surface area contributed by atoms with E-state index in [9.17, 15) is 0 Å². The summed E-state index contributed by atoms with van der Waals surface area (Å²) in [6.07, 6.45) is 0. The molecule has 3 aromatic carbocycles. The van der Waals surface area contributed by atoms with Gasteiger partial charge in [-0.1, -0.05) is 60.7 Å². The summed E-state index contributed by atoms with van der Waals surface area (Å²) in [5, 5.41) is 11.5. The molecule has 88 valence electrons. The molecule has 0 aromatic heterocycles. The van der Waals surface area contributed by atoms with Gasteiger partial charge >= 0.3 is 0 Å². The fraction of sp³-hybridized carbons (Fsp3) is 0.0588. The lowest BCUT2D eigenvalue weighted by Crippen LogP contribution is -1.83. The van der Waals surface area contributed by atoms with Crippen molar-refractivity contribution in [3.05, 3.63) is 72.3 Å². The van der Waals surface area contributed by atoms with Gasteiger partial charge in [0.1, 0.15) is 0 Å². The Morgan fingerprint density at radius 1 is 0.667 bits per heavy atom. The van der Waals surface area contributed by atoms with Gasteiger partial charge in [-0.05, 0) is 33.5 Å². The molecule has 1 nitrogen and oxygen atoms in total. The summed E-state index contributed by atoms with van der Waals surface area (Å²) in [7, 11) is 0. The second-order valence-electron chi connectivity index (χ2n) is 4.42. The number of benzene rings is 3. The molecule has 0 fully saturated rings. The van der Waals surface area contributed by atoms with E-state index in [0.717, 1.165) is 5.56 Å². The molecule has 0 saturated heterocycles. The minimum atomic E-state index is 0.0952. The van der Waals surface area contributed by atoms with Crippen LogP contribution in [0.15, 0.2) is 66.7 Å². The van der Waals surface area contributed by atoms with Gasteiger partial charge in [0.05, 0.1) is 6.61 Å². The average Bonchev–Trinajstić information content (AvgIpc) is 2.47. The van der Waals surface area contributed by atoms with Gasteiger partial charge in [-0.25, -0.2) is 0 Å². The van der Waals surface area contributed by atoms with Gasteiger partial charge in [0.2, 0.25) is 0 Å². The highest BCUT2D eigenvalue weighted by atomic mass is 16.3. The zero-order valence-corrected chi connectivity index (χ0v) is 10.0. The largest absolute Gasteiger partial charge is 0.392 e. The third-order valence-corrected chi connectivity index (χ3v) is 3.22. The Hall–Kier alpha value is -2.12. The SMILES string of the molecule is OCc1ccc(-c2ccc3ccccc3c2)cc1. The Morgan fingerprint density at radius 3 is 2.06 bits per heavy atom. The number of hydrogen-bond acceptors (Lipinski definition) is 1. The van der Waals surface area contributed by atoms with E-state index < -0.39 is 0 Å². The third-order valence-electron chi connectivity index (χ3n) is 3.22. The van der Waals surface area contributed by atoms with Crippen LogP contribution in [-0.4, -0.2) is 5.11 Å². The van der Waals surface area contributed by atoms with Gasteiger partial charge in [-0.15, -0.1) is 0 Å². The van der Waals surface area contributed by atoms with Gasteiger partial charge in [-0.3, -0.25) is 0 Å². The lowest BCUT2D eigenvalue weighted by Gasteiger charge is -2.05. The van der Waals surface area contributed by atoms with Gasteiger partial charge in [0.25, 0.3) is 0 Å². The van der Waals surface area contributed by atoms with Crippen molar-refractivity contribution in [3.63, 3.8) is 0 Å². The molecule has 0 aliphatic heterocycles. The van der Waals surface area contributed by atoms with Crippen LogP contribution in [-0.2, 0) is 6.61 Å². The van der Waals surface area contributed by atoms with E-state index in [1.165, 1.54) is 21.9 Å². The standard InChI is InChI=1S/C17H14O/c18-12-13-5-7-15(8-6-13)17-10-9-14-3-1-2-4-16(14)11-17/h1-11,18H,12H2. The Bertz CT molecular complexity index is 669. The fourth-order valence-electron chi connectivity index (χ4n) is 2.17. The quantitative estimate of drug-likeness (QED) is 0.710. The molecule has 0 heterocycles. The average molecular weight is 234 g/mol. The van der Waals surface area contributed by atoms with Crippen LogP contribution >= 0.6 is 0 Å². The van der Waals surface area contributed by atoms with E-state index in [-0.39, 0.29) is 6.61 Å². The summed E-state index contributed by atoms with van der Waals surface area (Å²) >= 11 is 0. The van der Waals surface area contributed by atoms with E-state index in [1.807, 2.05) is 12.1 Å². The maximum absolute atomic E-state index is 9.04. The fourth-order valence-corrected chi connectivity index (χ4v) is 2.17. The monoisotopic (exact) mass is 234 g/mol. The van der Waals surface area contributed by atoms with Crippen molar-refractivity contribution in [2.45, 2.75) is 6.61 Å². The minimum absolute atomic E-state index is 0.0952. The Labute approximate surface area is 106 Å². The van der Waals surface area contributed by atoms with Crippen LogP contribution in [0.2, 0.25) is 0 Å². The molecule has 3 aromatic rings. The van der Waals surface area contributed by atoms with Crippen LogP contribution in [0.1, 0.15) is 5.56 Å². The first kappa shape index (κ1) is 11.0. The van der Waals surface area contributed by atoms with Crippen LogP contribution in [0.5, 0.6) is 0 Å². The highest BCUT2D eigenvalue weighted by Gasteiger charge is 1.99. The lowest BCUT2D eigenvalue weighted by atomic mass is 10.0. The molecule has 0 bridgehead atoms. The molecule has 0 amide bonds. The first-order valence-corrected chi connectivity index (χ1v) is 6.06. The molecule has 1 heteroatoms. The van der Waals surface area contributed by atoms with Crippen LogP contribution in [0.25, 0.3) is 21.9 Å². The van der Waals surface area contributed by atoms with Crippen molar-refractivity contribution in [1.82, 2.24) is 0 Å². The molecule has 0 radical (unpaired) electrons. The predicted octanol–water partition coefficient (Wildman–Crippen LogP) is 4.00. The van der Waals surface area contributed by atoms with Gasteiger partial charge in [-0.2, -0.15) is 0 Å². The third kappa shape index (κ3) is 2.01. The molecule has 0 spiro atoms. The number of fused-ring (bicyclic) bond motifs is 1. The number of aliphatic hydroxyl groups is 1. The number of aliphatic hydroxyl groups excluding tert-OH is 1. The summed E-state index contributed by atoms with van der Waals surface area (Å²) < 4.78 is 0. The zero-order valence-electron chi connectivity index (χ0n) is 10.0. The van der Waals surface area contributed by atoms with Crippen LogP contribution < -0.4 is 0 Å². The Kier molecular flexibility index (Phi) is 2.83. The summed E-state index contributed by atoms with van der Waals surface area (Å²) in [6.45, 7) is 0.0952. The molecule has 0 aliphatic rings. The van der Waals surface area contributed by atoms with Crippen molar-refractivity contribution in [1.29, 1.82) is 0 Å². The summed E-state index contributed by atoms with van der Waals surface area (Å²) in [4.78, 5) is 0. The minimum Gasteiger partial charge on any atom is -0.392 e. The highest BCUT2D eigenvalue weighted by molar-refractivity contribution is 5.87. The summed E-state index contributed by atoms with van der Waals surface area (Å²) in [5.41, 5.74) is 3.33. The van der Waals surface area contributed by atoms with Gasteiger partial charge in [0.15, 0.2) is 0 Å². The summed E-state index contributed by atoms with van der Waals surface area (Å²) in [6, 6.07) is 22.9. The van der Waals surface area contributed by atoms with E-state index in [1.54, 1.807) is 0 Å². The van der Waals surface area contributed by atoms with Crippen molar-refractivity contribution in [3.8, 4) is 11.1 Å². The van der Waals surface area contributed by atoms with Crippen molar-refractivity contribution in [2.24, 2.45) is 0 Å². The molecule has 0 atom stereocenters. The number of hydrogen-bond donors (Lipinski definition) is 1. The molecule has 0 saturated carbocycles. The molecule has 3 rings (SSSR count). The highest BCUT2D eigenvalue weighted by Crippen LogP contribution is 2.24. The molecule has 1 N–H and O–H groups in total. The Morgan fingerprint density at radius 2 is 1.33 bits per heavy atom. The normalized spacial score (nSPS) is 10.7. The maximum atomic E-state index is 9.04. The van der Waals surface area contributed by atoms with Gasteiger partial charge < -0.3 is 5.11 Å². The van der Waals surface area contributed by atoms with Crippen LogP contribution in [0, 0.1) is 0 Å². The predicted molar refractivity (Wildman–Crippen MR) is 75.3 cm³/mol. The first-order chi connectivity index (χ1) is 8.86. The van der Waals surface area contributed by atoms with Gasteiger partial charge in [0, 0.05) is 0 Å². The van der Waals surface area contributed by atoms with Crippen molar-refractivity contribution in [2.75, 3.05) is 0 Å². The van der Waals surface area contributed by atoms with E-state index >= 15 is 0 Å². The van der Waals surface area contributed by atoms with Crippen LogP contribution in [0.3, 0.4) is 0 Å². The number of rotatable bonds is 2. The Balaban J connectivity index is 2.07. The topological polar surface area (TPSA) is 20.2 Å². The lowest BCUT2D eigenvalue weighted by molar-refractivity contribution is 0.282. The first-order valence-electron chi connectivity index (χ1n) is 6.06. The van der Waals surface area contributed by atoms with Crippen molar-refractivity contribution >= 4 is 10.8 Å². The maximum Gasteiger partial charge on any atom is 0.0681 e. The van der Waals surface area contributed by atoms with E-state index in [2.05, 4.69) is 54.6 Å². The zero-order chi connectivity index (χ0) is 12.4. The molecule has 0 unspecified atom stereocenters. The van der Waals surface area contributed by atoms with Crippen LogP contribution in [0.4, 0.5) is 0 Å².